The first-order chi connectivity index (χ1) is 16.2. The molecule has 1 amide bonds. The van der Waals surface area contributed by atoms with Gasteiger partial charge in [0.1, 0.15) is 11.5 Å². The number of amides is 1. The zero-order chi connectivity index (χ0) is 24.6. The van der Waals surface area contributed by atoms with E-state index in [0.29, 0.717) is 17.1 Å². The van der Waals surface area contributed by atoms with E-state index in [1.165, 1.54) is 55.5 Å². The first-order valence-electron chi connectivity index (χ1n) is 10.0. The second-order valence-corrected chi connectivity index (χ2v) is 8.33. The van der Waals surface area contributed by atoms with E-state index < -0.39 is 23.5 Å². The van der Waals surface area contributed by atoms with E-state index >= 15 is 0 Å². The Morgan fingerprint density at radius 2 is 1.59 bits per heavy atom. The number of phenolic OH excluding ortho intramolecular Hbond substituents is 1. The molecule has 174 valence electrons. The molecule has 3 aromatic carbocycles. The van der Waals surface area contributed by atoms with Crippen molar-refractivity contribution in [3.8, 4) is 17.2 Å². The van der Waals surface area contributed by atoms with Crippen molar-refractivity contribution >= 4 is 46.3 Å². The molecule has 1 unspecified atom stereocenters. The summed E-state index contributed by atoms with van der Waals surface area (Å²) in [6.45, 7) is 0. The smallest absolute Gasteiger partial charge is 0.300 e. The van der Waals surface area contributed by atoms with E-state index in [1.54, 1.807) is 24.3 Å². The summed E-state index contributed by atoms with van der Waals surface area (Å²) in [6, 6.07) is 14.1. The van der Waals surface area contributed by atoms with Crippen molar-refractivity contribution in [1.29, 1.82) is 0 Å². The van der Waals surface area contributed by atoms with Crippen molar-refractivity contribution in [2.45, 2.75) is 6.04 Å². The van der Waals surface area contributed by atoms with E-state index in [0.717, 1.165) is 0 Å². The SMILES string of the molecule is COc1ccc(/C(O)=C2\C(=O)C(=O)N(c3cc(Cl)cc(Cl)c3)C2c2cccc(O)c2)cc1OC. The number of rotatable bonds is 5. The zero-order valence-corrected chi connectivity index (χ0v) is 19.6. The highest BCUT2D eigenvalue weighted by atomic mass is 35.5. The molecule has 7 nitrogen and oxygen atoms in total. The van der Waals surface area contributed by atoms with E-state index in [-0.39, 0.29) is 32.6 Å². The molecule has 3 aromatic rings. The third kappa shape index (κ3) is 4.16. The van der Waals surface area contributed by atoms with Crippen molar-refractivity contribution in [3.63, 3.8) is 0 Å². The van der Waals surface area contributed by atoms with Crippen molar-refractivity contribution in [2.75, 3.05) is 19.1 Å². The Hall–Kier alpha value is -3.68. The topological polar surface area (TPSA) is 96.3 Å². The number of benzene rings is 3. The Balaban J connectivity index is 1.97. The minimum Gasteiger partial charge on any atom is -0.508 e. The predicted octanol–water partition coefficient (Wildman–Crippen LogP) is 5.34. The predicted molar refractivity (Wildman–Crippen MR) is 129 cm³/mol. The Kier molecular flexibility index (Phi) is 6.41. The number of phenols is 1. The van der Waals surface area contributed by atoms with Crippen molar-refractivity contribution in [2.24, 2.45) is 0 Å². The number of halogens is 2. The van der Waals surface area contributed by atoms with Gasteiger partial charge in [0.05, 0.1) is 25.8 Å². The molecule has 1 fully saturated rings. The summed E-state index contributed by atoms with van der Waals surface area (Å²) in [6.07, 6.45) is 0. The highest BCUT2D eigenvalue weighted by molar-refractivity contribution is 6.52. The molecule has 0 radical (unpaired) electrons. The van der Waals surface area contributed by atoms with E-state index in [4.69, 9.17) is 32.7 Å². The average molecular weight is 500 g/mol. The van der Waals surface area contributed by atoms with E-state index in [2.05, 4.69) is 0 Å². The maximum absolute atomic E-state index is 13.2. The number of nitrogens with zero attached hydrogens (tertiary/aromatic N) is 1. The third-order valence-corrected chi connectivity index (χ3v) is 5.85. The number of aliphatic hydroxyl groups excluding tert-OH is 1. The van der Waals surface area contributed by atoms with Crippen LogP contribution in [0.4, 0.5) is 5.69 Å². The Morgan fingerprint density at radius 1 is 0.912 bits per heavy atom. The molecule has 1 aliphatic heterocycles. The van der Waals surface area contributed by atoms with Crippen molar-refractivity contribution < 1.29 is 29.3 Å². The zero-order valence-electron chi connectivity index (χ0n) is 18.1. The lowest BCUT2D eigenvalue weighted by molar-refractivity contribution is -0.132. The number of carbonyl (C=O) groups is 2. The molecule has 34 heavy (non-hydrogen) atoms. The van der Waals surface area contributed by atoms with Crippen LogP contribution in [0.2, 0.25) is 10.0 Å². The van der Waals surface area contributed by atoms with Crippen LogP contribution in [0.15, 0.2) is 66.2 Å². The van der Waals surface area contributed by atoms with Gasteiger partial charge in [0, 0.05) is 21.3 Å². The van der Waals surface area contributed by atoms with Crippen LogP contribution in [-0.2, 0) is 9.59 Å². The number of aliphatic hydroxyl groups is 1. The van der Waals surface area contributed by atoms with Gasteiger partial charge >= 0.3 is 0 Å². The Bertz CT molecular complexity index is 1320. The van der Waals surface area contributed by atoms with Crippen LogP contribution >= 0.6 is 23.2 Å². The molecule has 0 saturated carbocycles. The van der Waals surface area contributed by atoms with Gasteiger partial charge in [-0.1, -0.05) is 35.3 Å². The number of methoxy groups -OCH3 is 2. The maximum Gasteiger partial charge on any atom is 0.300 e. The molecule has 2 N–H and O–H groups in total. The molecule has 0 aromatic heterocycles. The molecular weight excluding hydrogens is 481 g/mol. The van der Waals surface area contributed by atoms with Crippen LogP contribution in [0.1, 0.15) is 17.2 Å². The molecule has 0 aliphatic carbocycles. The number of hydrogen-bond acceptors (Lipinski definition) is 6. The quantitative estimate of drug-likeness (QED) is 0.279. The molecule has 1 heterocycles. The van der Waals surface area contributed by atoms with Gasteiger partial charge in [-0.25, -0.2) is 0 Å². The van der Waals surface area contributed by atoms with Crippen LogP contribution in [0.5, 0.6) is 17.2 Å². The summed E-state index contributed by atoms with van der Waals surface area (Å²) < 4.78 is 10.5. The number of ether oxygens (including phenoxy) is 2. The minimum atomic E-state index is -1.06. The van der Waals surface area contributed by atoms with Gasteiger partial charge in [-0.15, -0.1) is 0 Å². The lowest BCUT2D eigenvalue weighted by Crippen LogP contribution is -2.29. The second kappa shape index (κ2) is 9.29. The number of hydrogen-bond donors (Lipinski definition) is 2. The fourth-order valence-corrected chi connectivity index (χ4v) is 4.44. The Labute approximate surface area is 205 Å². The first-order valence-corrected chi connectivity index (χ1v) is 10.8. The first kappa shape index (κ1) is 23.5. The normalized spacial score (nSPS) is 17.2. The van der Waals surface area contributed by atoms with Crippen LogP contribution in [0, 0.1) is 0 Å². The summed E-state index contributed by atoms with van der Waals surface area (Å²) in [5, 5.41) is 21.8. The largest absolute Gasteiger partial charge is 0.508 e. The van der Waals surface area contributed by atoms with E-state index in [1.807, 2.05) is 0 Å². The lowest BCUT2D eigenvalue weighted by atomic mass is 9.95. The summed E-state index contributed by atoms with van der Waals surface area (Å²) >= 11 is 12.3. The highest BCUT2D eigenvalue weighted by Crippen LogP contribution is 2.44. The van der Waals surface area contributed by atoms with Gasteiger partial charge in [0.15, 0.2) is 11.5 Å². The van der Waals surface area contributed by atoms with Crippen LogP contribution < -0.4 is 14.4 Å². The number of anilines is 1. The van der Waals surface area contributed by atoms with Gasteiger partial charge in [-0.3, -0.25) is 14.5 Å². The number of aromatic hydroxyl groups is 1. The molecule has 9 heteroatoms. The maximum atomic E-state index is 13.2. The monoisotopic (exact) mass is 499 g/mol. The second-order valence-electron chi connectivity index (χ2n) is 7.46. The molecule has 0 spiro atoms. The summed E-state index contributed by atoms with van der Waals surface area (Å²) in [4.78, 5) is 27.6. The van der Waals surface area contributed by atoms with Crippen LogP contribution in [-0.4, -0.2) is 36.1 Å². The lowest BCUT2D eigenvalue weighted by Gasteiger charge is -2.26. The average Bonchev–Trinajstić information content (AvgIpc) is 3.08. The summed E-state index contributed by atoms with van der Waals surface area (Å²) in [5.74, 6) is -1.51. The van der Waals surface area contributed by atoms with Crippen molar-refractivity contribution in [3.05, 3.63) is 87.4 Å². The molecule has 1 saturated heterocycles. The van der Waals surface area contributed by atoms with Crippen molar-refractivity contribution in [1.82, 2.24) is 0 Å². The molecule has 0 bridgehead atoms. The molecule has 4 rings (SSSR count). The fraction of sp³-hybridized carbons (Fsp3) is 0.120. The van der Waals surface area contributed by atoms with Crippen LogP contribution in [0.3, 0.4) is 0 Å². The summed E-state index contributed by atoms with van der Waals surface area (Å²) in [7, 11) is 2.91. The van der Waals surface area contributed by atoms with Gasteiger partial charge in [-0.2, -0.15) is 0 Å². The number of ketones is 1. The number of Topliss-reactive ketones (excluding diaryl/α,β-unsaturated/α-hetero) is 1. The number of carbonyl (C=O) groups excluding carboxylic acids is 2. The summed E-state index contributed by atoms with van der Waals surface area (Å²) in [5.41, 5.74) is 0.737. The minimum absolute atomic E-state index is 0.0710. The third-order valence-electron chi connectivity index (χ3n) is 5.41. The van der Waals surface area contributed by atoms with Gasteiger partial charge in [0.25, 0.3) is 11.7 Å². The van der Waals surface area contributed by atoms with Crippen LogP contribution in [0.25, 0.3) is 5.76 Å². The molecular formula is C25H19Cl2NO6. The fourth-order valence-electron chi connectivity index (χ4n) is 3.93. The standard InChI is InChI=1S/C25H19Cl2NO6/c1-33-19-7-6-14(9-20(19)34-2)23(30)21-22(13-4-3-5-18(29)8-13)28(25(32)24(21)31)17-11-15(26)10-16(27)12-17/h3-12,22,29-30H,1-2H3/b23-21+. The van der Waals surface area contributed by atoms with E-state index in [9.17, 15) is 19.8 Å². The Morgan fingerprint density at radius 3 is 2.21 bits per heavy atom. The highest BCUT2D eigenvalue weighted by Gasteiger charge is 2.47. The molecule has 1 aliphatic rings. The van der Waals surface area contributed by atoms with Gasteiger partial charge < -0.3 is 19.7 Å². The van der Waals surface area contributed by atoms with Gasteiger partial charge in [-0.05, 0) is 54.1 Å². The molecule has 1 atom stereocenters. The van der Waals surface area contributed by atoms with Gasteiger partial charge in [0.2, 0.25) is 0 Å².